The van der Waals surface area contributed by atoms with Crippen molar-refractivity contribution in [1.29, 1.82) is 0 Å². The number of aliphatic hydroxyl groups is 1. The second kappa shape index (κ2) is 11.2. The molecule has 1 aliphatic rings. The quantitative estimate of drug-likeness (QED) is 0.570. The summed E-state index contributed by atoms with van der Waals surface area (Å²) in [6.45, 7) is 5.12. The zero-order valence-electron chi connectivity index (χ0n) is 13.0. The Morgan fingerprint density at radius 2 is 1.81 bits per heavy atom. The molecule has 0 aromatic carbocycles. The highest BCUT2D eigenvalue weighted by molar-refractivity contribution is 5.80. The Hall–Kier alpha value is -1.49. The Labute approximate surface area is 128 Å². The van der Waals surface area contributed by atoms with Gasteiger partial charge in [-0.05, 0) is 31.1 Å². The van der Waals surface area contributed by atoms with Crippen LogP contribution in [0.1, 0.15) is 45.4 Å². The molecule has 0 aliphatic carbocycles. The summed E-state index contributed by atoms with van der Waals surface area (Å²) in [6, 6.07) is 0. The Bertz CT molecular complexity index is 420. The van der Waals surface area contributed by atoms with Crippen LogP contribution in [-0.2, 0) is 4.79 Å². The number of hydrogen-bond acceptors (Lipinski definition) is 3. The highest BCUT2D eigenvalue weighted by Crippen LogP contribution is 2.05. The van der Waals surface area contributed by atoms with Crippen LogP contribution in [0.5, 0.6) is 0 Å². The van der Waals surface area contributed by atoms with E-state index in [9.17, 15) is 9.90 Å². The third-order valence-corrected chi connectivity index (χ3v) is 3.39. The monoisotopic (exact) mass is 290 g/mol. The smallest absolute Gasteiger partial charge is 0.251 e. The van der Waals surface area contributed by atoms with Crippen LogP contribution < -0.4 is 5.32 Å². The summed E-state index contributed by atoms with van der Waals surface area (Å²) in [4.78, 5) is 13.7. The zero-order chi connectivity index (χ0) is 15.3. The summed E-state index contributed by atoms with van der Waals surface area (Å²) in [5, 5.41) is 13.1. The van der Waals surface area contributed by atoms with Gasteiger partial charge in [0.1, 0.15) is 6.10 Å². The van der Waals surface area contributed by atoms with Crippen molar-refractivity contribution < 1.29 is 9.90 Å². The lowest BCUT2D eigenvalue weighted by atomic mass is 10.1. The first kappa shape index (κ1) is 17.6. The summed E-state index contributed by atoms with van der Waals surface area (Å²) < 4.78 is 0. The first-order valence-corrected chi connectivity index (χ1v) is 7.89. The average molecular weight is 290 g/mol. The molecule has 4 heteroatoms. The molecule has 0 bridgehead atoms. The van der Waals surface area contributed by atoms with Gasteiger partial charge in [-0.25, -0.2) is 0 Å². The SMILES string of the molecule is CCCCC#CC#CCCCC(O)C(=O)N1CCNCC1. The van der Waals surface area contributed by atoms with Crippen LogP contribution in [0.2, 0.25) is 0 Å². The molecule has 0 radical (unpaired) electrons. The van der Waals surface area contributed by atoms with Gasteiger partial charge in [0.05, 0.1) is 0 Å². The number of hydrogen-bond donors (Lipinski definition) is 2. The van der Waals surface area contributed by atoms with Gasteiger partial charge < -0.3 is 15.3 Å². The molecule has 1 unspecified atom stereocenters. The number of rotatable bonds is 6. The molecule has 0 saturated carbocycles. The molecular formula is C17H26N2O2. The molecule has 1 saturated heterocycles. The van der Waals surface area contributed by atoms with Gasteiger partial charge in [0.2, 0.25) is 0 Å². The van der Waals surface area contributed by atoms with Crippen LogP contribution in [0.25, 0.3) is 0 Å². The molecular weight excluding hydrogens is 264 g/mol. The highest BCUT2D eigenvalue weighted by atomic mass is 16.3. The molecule has 1 rings (SSSR count). The van der Waals surface area contributed by atoms with Gasteiger partial charge in [0.25, 0.3) is 5.91 Å². The minimum Gasteiger partial charge on any atom is -0.383 e. The van der Waals surface area contributed by atoms with Crippen molar-refractivity contribution in [1.82, 2.24) is 10.2 Å². The lowest BCUT2D eigenvalue weighted by Crippen LogP contribution is -2.49. The van der Waals surface area contributed by atoms with E-state index in [1.807, 2.05) is 0 Å². The van der Waals surface area contributed by atoms with Crippen molar-refractivity contribution in [3.05, 3.63) is 0 Å². The number of amides is 1. The molecule has 1 atom stereocenters. The van der Waals surface area contributed by atoms with Gasteiger partial charge in [-0.15, -0.1) is 0 Å². The first-order valence-electron chi connectivity index (χ1n) is 7.89. The Balaban J connectivity index is 2.14. The molecule has 21 heavy (non-hydrogen) atoms. The van der Waals surface area contributed by atoms with Crippen LogP contribution >= 0.6 is 0 Å². The van der Waals surface area contributed by atoms with E-state index in [0.717, 1.165) is 38.8 Å². The number of nitrogens with one attached hydrogen (secondary N) is 1. The topological polar surface area (TPSA) is 52.6 Å². The minimum atomic E-state index is -0.888. The third-order valence-electron chi connectivity index (χ3n) is 3.39. The van der Waals surface area contributed by atoms with Gasteiger partial charge >= 0.3 is 0 Å². The maximum absolute atomic E-state index is 12.0. The van der Waals surface area contributed by atoms with Crippen molar-refractivity contribution in [2.24, 2.45) is 0 Å². The molecule has 1 amide bonds. The van der Waals surface area contributed by atoms with Crippen molar-refractivity contribution in [2.45, 2.75) is 51.6 Å². The van der Waals surface area contributed by atoms with E-state index in [1.54, 1.807) is 4.90 Å². The highest BCUT2D eigenvalue weighted by Gasteiger charge is 2.22. The molecule has 1 aliphatic heterocycles. The van der Waals surface area contributed by atoms with E-state index in [2.05, 4.69) is 35.9 Å². The Kier molecular flexibility index (Phi) is 9.37. The number of aliphatic hydroxyl groups excluding tert-OH is 1. The first-order chi connectivity index (χ1) is 10.3. The minimum absolute atomic E-state index is 0.149. The van der Waals surface area contributed by atoms with Gasteiger partial charge in [0.15, 0.2) is 0 Å². The normalized spacial score (nSPS) is 15.4. The van der Waals surface area contributed by atoms with Crippen LogP contribution in [0.15, 0.2) is 0 Å². The molecule has 0 spiro atoms. The largest absolute Gasteiger partial charge is 0.383 e. The standard InChI is InChI=1S/C17H26N2O2/c1-2-3-4-5-6-7-8-9-10-11-16(20)17(21)19-14-12-18-13-15-19/h16,18,20H,2-4,9-15H2,1H3. The Morgan fingerprint density at radius 3 is 2.43 bits per heavy atom. The second-order valence-corrected chi connectivity index (χ2v) is 5.19. The van der Waals surface area contributed by atoms with Crippen molar-refractivity contribution >= 4 is 5.91 Å². The second-order valence-electron chi connectivity index (χ2n) is 5.19. The molecule has 0 aromatic rings. The zero-order valence-corrected chi connectivity index (χ0v) is 13.0. The average Bonchev–Trinajstić information content (AvgIpc) is 2.53. The van der Waals surface area contributed by atoms with Crippen LogP contribution in [0, 0.1) is 23.7 Å². The van der Waals surface area contributed by atoms with Gasteiger partial charge in [0, 0.05) is 39.0 Å². The molecule has 1 fully saturated rings. The van der Waals surface area contributed by atoms with Crippen molar-refractivity contribution in [3.63, 3.8) is 0 Å². The fourth-order valence-electron chi connectivity index (χ4n) is 2.08. The Morgan fingerprint density at radius 1 is 1.19 bits per heavy atom. The number of carbonyl (C=O) groups excluding carboxylic acids is 1. The predicted molar refractivity (Wildman–Crippen MR) is 84.4 cm³/mol. The molecule has 1 heterocycles. The number of nitrogens with zero attached hydrogens (tertiary/aromatic N) is 1. The summed E-state index contributed by atoms with van der Waals surface area (Å²) in [6.07, 6.45) is 4.16. The van der Waals surface area contributed by atoms with Crippen molar-refractivity contribution in [3.8, 4) is 23.7 Å². The number of unbranched alkanes of at least 4 members (excludes halogenated alkanes) is 3. The maximum atomic E-state index is 12.0. The van der Waals surface area contributed by atoms with Gasteiger partial charge in [-0.3, -0.25) is 4.79 Å². The van der Waals surface area contributed by atoms with E-state index < -0.39 is 6.10 Å². The van der Waals surface area contributed by atoms with Crippen LogP contribution in [0.4, 0.5) is 0 Å². The third kappa shape index (κ3) is 7.75. The van der Waals surface area contributed by atoms with E-state index in [4.69, 9.17) is 0 Å². The fourth-order valence-corrected chi connectivity index (χ4v) is 2.08. The van der Waals surface area contributed by atoms with E-state index in [-0.39, 0.29) is 5.91 Å². The molecule has 0 aromatic heterocycles. The molecule has 4 nitrogen and oxygen atoms in total. The molecule has 2 N–H and O–H groups in total. The lowest BCUT2D eigenvalue weighted by molar-refractivity contribution is -0.141. The van der Waals surface area contributed by atoms with E-state index in [1.165, 1.54) is 0 Å². The summed E-state index contributed by atoms with van der Waals surface area (Å²) in [5.74, 6) is 11.5. The van der Waals surface area contributed by atoms with Gasteiger partial charge in [-0.1, -0.05) is 25.2 Å². The fraction of sp³-hybridized carbons (Fsp3) is 0.706. The van der Waals surface area contributed by atoms with Crippen LogP contribution in [-0.4, -0.2) is 48.2 Å². The molecule has 116 valence electrons. The number of piperazine rings is 1. The summed E-state index contributed by atoms with van der Waals surface area (Å²) in [7, 11) is 0. The van der Waals surface area contributed by atoms with Crippen LogP contribution in [0.3, 0.4) is 0 Å². The van der Waals surface area contributed by atoms with Crippen molar-refractivity contribution in [2.75, 3.05) is 26.2 Å². The van der Waals surface area contributed by atoms with E-state index >= 15 is 0 Å². The number of carbonyl (C=O) groups is 1. The van der Waals surface area contributed by atoms with E-state index in [0.29, 0.717) is 25.9 Å². The lowest BCUT2D eigenvalue weighted by Gasteiger charge is -2.29. The predicted octanol–water partition coefficient (Wildman–Crippen LogP) is 1.15. The summed E-state index contributed by atoms with van der Waals surface area (Å²) >= 11 is 0. The van der Waals surface area contributed by atoms with Gasteiger partial charge in [-0.2, -0.15) is 0 Å². The summed E-state index contributed by atoms with van der Waals surface area (Å²) in [5.41, 5.74) is 0. The maximum Gasteiger partial charge on any atom is 0.251 e.